The lowest BCUT2D eigenvalue weighted by Crippen LogP contribution is -2.36. The van der Waals surface area contributed by atoms with Gasteiger partial charge in [0.15, 0.2) is 0 Å². The van der Waals surface area contributed by atoms with Gasteiger partial charge in [0, 0.05) is 12.6 Å². The number of amides is 1. The first-order valence-corrected chi connectivity index (χ1v) is 6.93. The molecule has 0 bridgehead atoms. The van der Waals surface area contributed by atoms with Crippen molar-refractivity contribution in [2.75, 3.05) is 13.1 Å². The number of nitrogens with one attached hydrogen (secondary N) is 2. The van der Waals surface area contributed by atoms with E-state index in [1.165, 1.54) is 12.1 Å². The molecule has 1 unspecified atom stereocenters. The summed E-state index contributed by atoms with van der Waals surface area (Å²) in [6, 6.07) is 6.30. The topological polar surface area (TPSA) is 50.4 Å². The van der Waals surface area contributed by atoms with Gasteiger partial charge in [0.25, 0.3) is 0 Å². The summed E-state index contributed by atoms with van der Waals surface area (Å²) in [5, 5.41) is 5.90. The Kier molecular flexibility index (Phi) is 7.08. The second kappa shape index (κ2) is 8.56. The highest BCUT2D eigenvalue weighted by Gasteiger charge is 2.09. The van der Waals surface area contributed by atoms with Crippen LogP contribution in [0.3, 0.4) is 0 Å². The summed E-state index contributed by atoms with van der Waals surface area (Å²) < 4.78 is 28.4. The Morgan fingerprint density at radius 1 is 1.19 bits per heavy atom. The predicted octanol–water partition coefficient (Wildman–Crippen LogP) is 2.71. The first kappa shape index (κ1) is 17.4. The van der Waals surface area contributed by atoms with Crippen LogP contribution in [0.25, 0.3) is 0 Å². The highest BCUT2D eigenvalue weighted by molar-refractivity contribution is 5.78. The van der Waals surface area contributed by atoms with E-state index in [0.29, 0.717) is 12.5 Å². The second-order valence-corrected chi connectivity index (χ2v) is 5.25. The molecule has 1 aromatic carbocycles. The normalized spacial score (nSPS) is 12.5. The number of hydrogen-bond donors (Lipinski definition) is 2. The molecule has 1 amide bonds. The lowest BCUT2D eigenvalue weighted by Gasteiger charge is -2.15. The Bertz CT molecular complexity index is 436. The lowest BCUT2D eigenvalue weighted by molar-refractivity contribution is -0.120. The van der Waals surface area contributed by atoms with Gasteiger partial charge in [0.1, 0.15) is 5.75 Å². The summed E-state index contributed by atoms with van der Waals surface area (Å²) in [4.78, 5) is 11.6. The Morgan fingerprint density at radius 3 is 2.33 bits per heavy atom. The molecule has 1 atom stereocenters. The highest BCUT2D eigenvalue weighted by atomic mass is 19.3. The molecule has 0 radical (unpaired) electrons. The molecule has 0 aliphatic rings. The number of rotatable bonds is 8. The number of ether oxygens (including phenoxy) is 1. The van der Waals surface area contributed by atoms with Gasteiger partial charge in [0.05, 0.1) is 6.54 Å². The largest absolute Gasteiger partial charge is 0.435 e. The molecule has 118 valence electrons. The third kappa shape index (κ3) is 7.04. The van der Waals surface area contributed by atoms with E-state index in [9.17, 15) is 13.6 Å². The maximum absolute atomic E-state index is 12.0. The van der Waals surface area contributed by atoms with Crippen LogP contribution in [0.15, 0.2) is 24.3 Å². The van der Waals surface area contributed by atoms with Crippen LogP contribution >= 0.6 is 0 Å². The summed E-state index contributed by atoms with van der Waals surface area (Å²) in [5.74, 6) is 0.470. The minimum atomic E-state index is -2.82. The van der Waals surface area contributed by atoms with Crippen LogP contribution in [-0.2, 0) is 4.79 Å². The fourth-order valence-electron chi connectivity index (χ4n) is 1.68. The van der Waals surface area contributed by atoms with Gasteiger partial charge in [-0.05, 0) is 30.5 Å². The Balaban J connectivity index is 2.41. The van der Waals surface area contributed by atoms with Crippen molar-refractivity contribution in [2.45, 2.75) is 33.4 Å². The van der Waals surface area contributed by atoms with Crippen molar-refractivity contribution in [2.24, 2.45) is 5.92 Å². The molecular weight excluding hydrogens is 278 g/mol. The molecule has 0 fully saturated rings. The molecule has 1 rings (SSSR count). The van der Waals surface area contributed by atoms with Gasteiger partial charge in [0.2, 0.25) is 5.91 Å². The van der Waals surface area contributed by atoms with Crippen LogP contribution in [0.1, 0.15) is 32.4 Å². The number of carbonyl (C=O) groups excluding carboxylic acids is 1. The minimum absolute atomic E-state index is 0.0598. The number of benzene rings is 1. The third-order valence-corrected chi connectivity index (χ3v) is 2.88. The van der Waals surface area contributed by atoms with Crippen molar-refractivity contribution in [3.8, 4) is 5.75 Å². The minimum Gasteiger partial charge on any atom is -0.435 e. The van der Waals surface area contributed by atoms with Crippen molar-refractivity contribution in [3.05, 3.63) is 29.8 Å². The molecule has 0 aliphatic carbocycles. The zero-order valence-corrected chi connectivity index (χ0v) is 12.5. The predicted molar refractivity (Wildman–Crippen MR) is 77.3 cm³/mol. The molecule has 21 heavy (non-hydrogen) atoms. The van der Waals surface area contributed by atoms with E-state index >= 15 is 0 Å². The van der Waals surface area contributed by atoms with Crippen LogP contribution in [-0.4, -0.2) is 25.6 Å². The zero-order valence-electron chi connectivity index (χ0n) is 12.5. The van der Waals surface area contributed by atoms with Gasteiger partial charge in [-0.15, -0.1) is 0 Å². The molecule has 4 nitrogen and oxygen atoms in total. The van der Waals surface area contributed by atoms with Crippen molar-refractivity contribution in [1.82, 2.24) is 10.6 Å². The van der Waals surface area contributed by atoms with E-state index in [-0.39, 0.29) is 24.2 Å². The summed E-state index contributed by atoms with van der Waals surface area (Å²) >= 11 is 0. The maximum atomic E-state index is 12.0. The molecule has 1 aromatic rings. The smallest absolute Gasteiger partial charge is 0.387 e. The number of hydrogen-bond acceptors (Lipinski definition) is 3. The van der Waals surface area contributed by atoms with Crippen LogP contribution in [0.5, 0.6) is 5.75 Å². The van der Waals surface area contributed by atoms with Gasteiger partial charge in [-0.1, -0.05) is 26.0 Å². The summed E-state index contributed by atoms with van der Waals surface area (Å²) in [7, 11) is 0. The highest BCUT2D eigenvalue weighted by Crippen LogP contribution is 2.18. The van der Waals surface area contributed by atoms with Gasteiger partial charge < -0.3 is 15.4 Å². The van der Waals surface area contributed by atoms with Crippen molar-refractivity contribution in [3.63, 3.8) is 0 Å². The summed E-state index contributed by atoms with van der Waals surface area (Å²) in [5.41, 5.74) is 0.897. The average Bonchev–Trinajstić information content (AvgIpc) is 2.42. The Labute approximate surface area is 123 Å². The van der Waals surface area contributed by atoms with Gasteiger partial charge in [-0.3, -0.25) is 4.79 Å². The molecule has 0 saturated heterocycles. The molecular formula is C15H22F2N2O2. The lowest BCUT2D eigenvalue weighted by atomic mass is 10.1. The molecule has 0 aliphatic heterocycles. The molecule has 0 aromatic heterocycles. The van der Waals surface area contributed by atoms with Crippen LogP contribution < -0.4 is 15.4 Å². The molecule has 2 N–H and O–H groups in total. The zero-order chi connectivity index (χ0) is 15.8. The Hall–Kier alpha value is -1.69. The van der Waals surface area contributed by atoms with Gasteiger partial charge in [-0.2, -0.15) is 8.78 Å². The fourth-order valence-corrected chi connectivity index (χ4v) is 1.68. The van der Waals surface area contributed by atoms with Crippen LogP contribution in [0.4, 0.5) is 8.78 Å². The number of alkyl halides is 2. The van der Waals surface area contributed by atoms with E-state index in [4.69, 9.17) is 0 Å². The molecule has 0 saturated carbocycles. The monoisotopic (exact) mass is 300 g/mol. The van der Waals surface area contributed by atoms with E-state index in [0.717, 1.165) is 5.56 Å². The fraction of sp³-hybridized carbons (Fsp3) is 0.533. The van der Waals surface area contributed by atoms with Gasteiger partial charge >= 0.3 is 6.61 Å². The van der Waals surface area contributed by atoms with E-state index in [2.05, 4.69) is 15.4 Å². The van der Waals surface area contributed by atoms with Crippen molar-refractivity contribution < 1.29 is 18.3 Å². The first-order valence-electron chi connectivity index (χ1n) is 6.93. The quantitative estimate of drug-likeness (QED) is 0.776. The van der Waals surface area contributed by atoms with Crippen LogP contribution in [0, 0.1) is 5.92 Å². The van der Waals surface area contributed by atoms with Crippen molar-refractivity contribution in [1.29, 1.82) is 0 Å². The third-order valence-electron chi connectivity index (χ3n) is 2.88. The van der Waals surface area contributed by atoms with Crippen molar-refractivity contribution >= 4 is 5.91 Å². The standard InChI is InChI=1S/C15H22F2N2O2/c1-10(2)8-19-14(20)9-18-11(3)12-4-6-13(7-5-12)21-15(16)17/h4-7,10-11,15,18H,8-9H2,1-3H3,(H,19,20). The van der Waals surface area contributed by atoms with E-state index in [1.54, 1.807) is 12.1 Å². The second-order valence-electron chi connectivity index (χ2n) is 5.25. The molecule has 0 spiro atoms. The molecule has 0 heterocycles. The SMILES string of the molecule is CC(C)CNC(=O)CNC(C)c1ccc(OC(F)F)cc1. The maximum Gasteiger partial charge on any atom is 0.387 e. The molecule has 6 heteroatoms. The summed E-state index contributed by atoms with van der Waals surface area (Å²) in [6.45, 7) is 3.99. The number of halogens is 2. The summed E-state index contributed by atoms with van der Waals surface area (Å²) in [6.07, 6.45) is 0. The average molecular weight is 300 g/mol. The first-order chi connectivity index (χ1) is 9.88. The number of carbonyl (C=O) groups is 1. The van der Waals surface area contributed by atoms with E-state index in [1.807, 2.05) is 20.8 Å². The van der Waals surface area contributed by atoms with Gasteiger partial charge in [-0.25, -0.2) is 0 Å². The van der Waals surface area contributed by atoms with Crippen LogP contribution in [0.2, 0.25) is 0 Å². The Morgan fingerprint density at radius 2 is 1.81 bits per heavy atom. The van der Waals surface area contributed by atoms with E-state index < -0.39 is 6.61 Å².